The highest BCUT2D eigenvalue weighted by Gasteiger charge is 2.30. The third-order valence-corrected chi connectivity index (χ3v) is 19.5. The SMILES string of the molecule is CC(C)CCCCCCCCCCCCCCCCCCC(=O)O[C@H](COC(=O)CCCCCCCCCCCCCC(C)C)COP(=O)(O)OC[C@@H](O)COP(=O)(O)OC[C@@H](COC(=O)CCCCCCCCC(C)C)OC(=O)CCCCCCCCCCCCC(C)C. The van der Waals surface area contributed by atoms with E-state index < -0.39 is 97.5 Å². The Kier molecular flexibility index (Phi) is 64.0. The minimum atomic E-state index is -4.96. The van der Waals surface area contributed by atoms with Crippen LogP contribution < -0.4 is 0 Å². The fourth-order valence-electron chi connectivity index (χ4n) is 11.6. The summed E-state index contributed by atoms with van der Waals surface area (Å²) in [7, 11) is -9.91. The van der Waals surface area contributed by atoms with Gasteiger partial charge in [-0.3, -0.25) is 37.3 Å². The van der Waals surface area contributed by atoms with Gasteiger partial charge in [-0.2, -0.15) is 0 Å². The number of esters is 4. The third-order valence-electron chi connectivity index (χ3n) is 17.6. The number of phosphoric ester groups is 2. The molecule has 0 aliphatic heterocycles. The molecule has 0 fully saturated rings. The predicted octanol–water partition coefficient (Wildman–Crippen LogP) is 22.0. The molecule has 0 heterocycles. The molecule has 5 atom stereocenters. The van der Waals surface area contributed by atoms with Gasteiger partial charge in [-0.1, -0.05) is 331 Å². The summed E-state index contributed by atoms with van der Waals surface area (Å²) in [6.07, 6.45) is 50.1. The lowest BCUT2D eigenvalue weighted by Gasteiger charge is -2.21. The van der Waals surface area contributed by atoms with Gasteiger partial charge in [0.25, 0.3) is 0 Å². The van der Waals surface area contributed by atoms with E-state index in [4.69, 9.17) is 37.0 Å². The van der Waals surface area contributed by atoms with Crippen molar-refractivity contribution in [3.63, 3.8) is 0 Å². The molecule has 0 saturated carbocycles. The van der Waals surface area contributed by atoms with Gasteiger partial charge in [0.1, 0.15) is 19.3 Å². The molecule has 0 aliphatic rings. The lowest BCUT2D eigenvalue weighted by atomic mass is 10.0. The first-order chi connectivity index (χ1) is 45.6. The Labute approximate surface area is 581 Å². The Bertz CT molecular complexity index is 1870. The zero-order valence-corrected chi connectivity index (χ0v) is 64.1. The average molecular weight is 1400 g/mol. The van der Waals surface area contributed by atoms with E-state index in [1.54, 1.807) is 0 Å². The van der Waals surface area contributed by atoms with Crippen molar-refractivity contribution < 1.29 is 80.2 Å². The summed E-state index contributed by atoms with van der Waals surface area (Å²) in [5, 5.41) is 10.6. The number of aliphatic hydroxyl groups is 1. The molecular formula is C76H148O17P2. The predicted molar refractivity (Wildman–Crippen MR) is 386 cm³/mol. The highest BCUT2D eigenvalue weighted by molar-refractivity contribution is 7.47. The first-order valence-corrected chi connectivity index (χ1v) is 42.2. The van der Waals surface area contributed by atoms with Gasteiger partial charge in [-0.15, -0.1) is 0 Å². The van der Waals surface area contributed by atoms with E-state index in [1.807, 2.05) is 0 Å². The Balaban J connectivity index is 5.23. The molecule has 0 bridgehead atoms. The fourth-order valence-corrected chi connectivity index (χ4v) is 13.1. The molecule has 0 radical (unpaired) electrons. The molecule has 564 valence electrons. The summed E-state index contributed by atoms with van der Waals surface area (Å²) in [5.74, 6) is 0.889. The Morgan fingerprint density at radius 3 is 0.653 bits per heavy atom. The lowest BCUT2D eigenvalue weighted by molar-refractivity contribution is -0.161. The van der Waals surface area contributed by atoms with Crippen LogP contribution in [0.15, 0.2) is 0 Å². The minimum Gasteiger partial charge on any atom is -0.462 e. The van der Waals surface area contributed by atoms with Crippen molar-refractivity contribution in [1.29, 1.82) is 0 Å². The number of rotatable bonds is 73. The van der Waals surface area contributed by atoms with E-state index in [1.165, 1.54) is 180 Å². The number of aliphatic hydroxyl groups excluding tert-OH is 1. The molecule has 0 rings (SSSR count). The highest BCUT2D eigenvalue weighted by Crippen LogP contribution is 2.45. The van der Waals surface area contributed by atoms with Gasteiger partial charge in [0, 0.05) is 25.7 Å². The standard InChI is InChI=1S/C76H148O17P2/c1-66(2)52-44-36-28-22-16-13-11-9-10-12-14-18-26-32-42-50-58-75(80)92-71(62-86-73(78)56-48-40-31-25-19-15-17-23-29-37-45-53-67(3)4)64-90-94(82,83)88-60-70(77)61-89-95(84,85)91-65-72(63-87-74(79)57-49-41-35-34-39-47-55-69(7)8)93-76(81)59-51-43-33-27-21-20-24-30-38-46-54-68(5)6/h66-72,77H,9-65H2,1-8H3,(H,82,83)(H,84,85)/t70-,71-,72-/m1/s1. The highest BCUT2D eigenvalue weighted by atomic mass is 31.2. The van der Waals surface area contributed by atoms with Crippen LogP contribution >= 0.6 is 15.6 Å². The maximum Gasteiger partial charge on any atom is 0.472 e. The van der Waals surface area contributed by atoms with Gasteiger partial charge < -0.3 is 33.8 Å². The lowest BCUT2D eigenvalue weighted by Crippen LogP contribution is -2.30. The smallest absolute Gasteiger partial charge is 0.462 e. The van der Waals surface area contributed by atoms with E-state index in [9.17, 15) is 43.2 Å². The number of unbranched alkanes of at least 4 members (excludes halogenated alkanes) is 39. The van der Waals surface area contributed by atoms with Crippen molar-refractivity contribution in [2.45, 2.75) is 401 Å². The molecule has 0 spiro atoms. The second-order valence-corrected chi connectivity index (χ2v) is 32.2. The number of hydrogen-bond donors (Lipinski definition) is 3. The minimum absolute atomic E-state index is 0.104. The van der Waals surface area contributed by atoms with E-state index in [0.717, 1.165) is 114 Å². The largest absolute Gasteiger partial charge is 0.472 e. The first-order valence-electron chi connectivity index (χ1n) is 39.2. The molecule has 3 N–H and O–H groups in total. The molecule has 0 aromatic rings. The summed E-state index contributed by atoms with van der Waals surface area (Å²) in [5.41, 5.74) is 0. The monoisotopic (exact) mass is 1400 g/mol. The normalized spacial score (nSPS) is 14.1. The van der Waals surface area contributed by atoms with Crippen LogP contribution in [0.25, 0.3) is 0 Å². The molecule has 0 amide bonds. The second kappa shape index (κ2) is 65.4. The van der Waals surface area contributed by atoms with E-state index >= 15 is 0 Å². The molecule has 95 heavy (non-hydrogen) atoms. The summed E-state index contributed by atoms with van der Waals surface area (Å²) in [6, 6.07) is 0. The fraction of sp³-hybridized carbons (Fsp3) is 0.947. The Morgan fingerprint density at radius 2 is 0.442 bits per heavy atom. The molecule has 0 saturated heterocycles. The van der Waals surface area contributed by atoms with Crippen molar-refractivity contribution in [3.8, 4) is 0 Å². The van der Waals surface area contributed by atoms with Crippen LogP contribution in [0.4, 0.5) is 0 Å². The molecule has 0 aromatic carbocycles. The van der Waals surface area contributed by atoms with Crippen LogP contribution in [-0.4, -0.2) is 96.7 Å². The topological polar surface area (TPSA) is 237 Å². The number of phosphoric acid groups is 2. The summed E-state index contributed by atoms with van der Waals surface area (Å²) in [4.78, 5) is 72.8. The van der Waals surface area contributed by atoms with E-state index in [-0.39, 0.29) is 25.7 Å². The van der Waals surface area contributed by atoms with E-state index in [0.29, 0.717) is 31.6 Å². The number of carbonyl (C=O) groups is 4. The summed E-state index contributed by atoms with van der Waals surface area (Å²) in [6.45, 7) is 14.1. The number of carbonyl (C=O) groups excluding carboxylic acids is 4. The van der Waals surface area contributed by atoms with Crippen molar-refractivity contribution >= 4 is 39.5 Å². The molecule has 19 heteroatoms. The van der Waals surface area contributed by atoms with Crippen molar-refractivity contribution in [2.75, 3.05) is 39.6 Å². The number of ether oxygens (including phenoxy) is 4. The summed E-state index contributed by atoms with van der Waals surface area (Å²) >= 11 is 0. The quantitative estimate of drug-likeness (QED) is 0.0222. The molecule has 2 unspecified atom stereocenters. The molecule has 0 aliphatic carbocycles. The first kappa shape index (κ1) is 93.1. The van der Waals surface area contributed by atoms with Gasteiger partial charge in [0.15, 0.2) is 12.2 Å². The van der Waals surface area contributed by atoms with Gasteiger partial charge in [-0.05, 0) is 49.4 Å². The molecular weight excluding hydrogens is 1250 g/mol. The van der Waals surface area contributed by atoms with Gasteiger partial charge in [0.05, 0.1) is 26.4 Å². The number of hydrogen-bond acceptors (Lipinski definition) is 15. The van der Waals surface area contributed by atoms with Crippen LogP contribution in [0.5, 0.6) is 0 Å². The Hall–Kier alpha value is -1.94. The Morgan fingerprint density at radius 1 is 0.263 bits per heavy atom. The zero-order valence-electron chi connectivity index (χ0n) is 62.3. The maximum atomic E-state index is 13.1. The molecule has 17 nitrogen and oxygen atoms in total. The summed E-state index contributed by atoms with van der Waals surface area (Å²) < 4.78 is 68.5. The second-order valence-electron chi connectivity index (χ2n) is 29.3. The average Bonchev–Trinajstić information content (AvgIpc) is 1.54. The third kappa shape index (κ3) is 70.3. The van der Waals surface area contributed by atoms with Crippen LogP contribution in [0.1, 0.15) is 383 Å². The van der Waals surface area contributed by atoms with Crippen LogP contribution in [-0.2, 0) is 65.4 Å². The van der Waals surface area contributed by atoms with Gasteiger partial charge >= 0.3 is 39.5 Å². The van der Waals surface area contributed by atoms with Crippen LogP contribution in [0.2, 0.25) is 0 Å². The van der Waals surface area contributed by atoms with Crippen LogP contribution in [0.3, 0.4) is 0 Å². The zero-order chi connectivity index (χ0) is 70.3. The van der Waals surface area contributed by atoms with Crippen LogP contribution in [0, 0.1) is 23.7 Å². The van der Waals surface area contributed by atoms with Crippen molar-refractivity contribution in [3.05, 3.63) is 0 Å². The molecule has 0 aromatic heterocycles. The van der Waals surface area contributed by atoms with Crippen molar-refractivity contribution in [1.82, 2.24) is 0 Å². The van der Waals surface area contributed by atoms with Gasteiger partial charge in [0.2, 0.25) is 0 Å². The van der Waals surface area contributed by atoms with E-state index in [2.05, 4.69) is 55.4 Å². The maximum absolute atomic E-state index is 13.1. The van der Waals surface area contributed by atoms with Crippen molar-refractivity contribution in [2.24, 2.45) is 23.7 Å². The van der Waals surface area contributed by atoms with Gasteiger partial charge in [-0.25, -0.2) is 9.13 Å².